The van der Waals surface area contributed by atoms with E-state index in [9.17, 15) is 0 Å². The number of nitrogens with two attached hydrogens (primary N) is 1. The van der Waals surface area contributed by atoms with Crippen molar-refractivity contribution in [3.63, 3.8) is 0 Å². The van der Waals surface area contributed by atoms with Gasteiger partial charge in [0, 0.05) is 13.0 Å². The average molecular weight is 362 g/mol. The van der Waals surface area contributed by atoms with Gasteiger partial charge in [-0.15, -0.1) is 0 Å². The third-order valence-corrected chi connectivity index (χ3v) is 8.72. The van der Waals surface area contributed by atoms with Crippen LogP contribution in [0.5, 0.6) is 0 Å². The van der Waals surface area contributed by atoms with Gasteiger partial charge in [0.1, 0.15) is 6.33 Å². The summed E-state index contributed by atoms with van der Waals surface area (Å²) in [5.41, 5.74) is 6.97. The zero-order valence-corrected chi connectivity index (χ0v) is 16.6. The van der Waals surface area contributed by atoms with Crippen molar-refractivity contribution in [3.8, 4) is 11.8 Å². The summed E-state index contributed by atoms with van der Waals surface area (Å²) in [4.78, 5) is 12.8. The van der Waals surface area contributed by atoms with Gasteiger partial charge < -0.3 is 15.4 Å². The van der Waals surface area contributed by atoms with Crippen LogP contribution in [0.2, 0.25) is 18.1 Å². The first-order valence-corrected chi connectivity index (χ1v) is 11.4. The highest BCUT2D eigenvalue weighted by Gasteiger charge is 2.41. The van der Waals surface area contributed by atoms with E-state index >= 15 is 0 Å². The Kier molecular flexibility index (Phi) is 5.70. The first kappa shape index (κ1) is 19.2. The van der Waals surface area contributed by atoms with Gasteiger partial charge in [-0.3, -0.25) is 0 Å². The van der Waals surface area contributed by atoms with E-state index in [1.807, 2.05) is 0 Å². The van der Waals surface area contributed by atoms with Gasteiger partial charge in [0.2, 0.25) is 11.5 Å². The maximum absolute atomic E-state index is 8.85. The average Bonchev–Trinajstić information content (AvgIpc) is 2.85. The van der Waals surface area contributed by atoms with Crippen LogP contribution in [0.1, 0.15) is 45.9 Å². The summed E-state index contributed by atoms with van der Waals surface area (Å²) in [6.45, 7) is 11.0. The molecule has 2 aromatic heterocycles. The smallest absolute Gasteiger partial charge is 0.284 e. The van der Waals surface area contributed by atoms with E-state index in [0.29, 0.717) is 29.2 Å². The number of hydrogen-bond donors (Lipinski definition) is 2. The van der Waals surface area contributed by atoms with Crippen molar-refractivity contribution in [1.82, 2.24) is 19.7 Å². The first-order valence-electron chi connectivity index (χ1n) is 8.45. The highest BCUT2D eigenvalue weighted by molar-refractivity contribution is 6.74. The van der Waals surface area contributed by atoms with Gasteiger partial charge in [-0.05, 0) is 36.9 Å². The topological polar surface area (TPSA) is 99.1 Å². The number of unbranched alkanes of at least 4 members (excludes halogenated alkanes) is 2. The molecule has 0 aliphatic carbocycles. The molecule has 0 aliphatic rings. The Balaban J connectivity index is 2.45. The molecular weight excluding hydrogens is 334 g/mol. The molecule has 0 aliphatic heterocycles. The van der Waals surface area contributed by atoms with E-state index in [2.05, 4.69) is 60.7 Å². The van der Waals surface area contributed by atoms with E-state index in [0.717, 1.165) is 12.8 Å². The van der Waals surface area contributed by atoms with Crippen LogP contribution in [0.4, 0.5) is 5.82 Å². The fourth-order valence-electron chi connectivity index (χ4n) is 1.89. The summed E-state index contributed by atoms with van der Waals surface area (Å²) in [7, 11) is -2.11. The predicted molar refractivity (Wildman–Crippen MR) is 101 cm³/mol. The van der Waals surface area contributed by atoms with Crippen LogP contribution in [0, 0.1) is 11.8 Å². The summed E-state index contributed by atoms with van der Waals surface area (Å²) in [6.07, 6.45) is 3.67. The normalized spacial score (nSPS) is 12.1. The highest BCUT2D eigenvalue weighted by Crippen LogP contribution is 2.35. The minimum atomic E-state index is -2.11. The number of nitrogens with zero attached hydrogens (tertiary/aromatic N) is 4. The lowest BCUT2D eigenvalue weighted by Crippen LogP contribution is -2.48. The molecule has 0 spiro atoms. The van der Waals surface area contributed by atoms with Crippen molar-refractivity contribution >= 4 is 25.3 Å². The number of hydrogen-bond acceptors (Lipinski definition) is 6. The van der Waals surface area contributed by atoms with E-state index in [4.69, 9.17) is 15.4 Å². The zero-order valence-electron chi connectivity index (χ0n) is 15.6. The van der Waals surface area contributed by atoms with Crippen molar-refractivity contribution in [3.05, 3.63) is 12.2 Å². The number of aliphatic hydroxyl groups is 1. The minimum Gasteiger partial charge on any atom is -0.466 e. The van der Waals surface area contributed by atoms with E-state index in [1.165, 1.54) is 6.33 Å². The van der Waals surface area contributed by atoms with Crippen LogP contribution < -0.4 is 10.3 Å². The summed E-state index contributed by atoms with van der Waals surface area (Å²) < 4.78 is 8.00. The Hall–Kier alpha value is -2.11. The van der Waals surface area contributed by atoms with Crippen LogP contribution in [0.25, 0.3) is 11.2 Å². The second-order valence-corrected chi connectivity index (χ2v) is 12.2. The molecule has 0 atom stereocenters. The van der Waals surface area contributed by atoms with Crippen molar-refractivity contribution in [2.24, 2.45) is 0 Å². The molecule has 8 heteroatoms. The van der Waals surface area contributed by atoms with Gasteiger partial charge in [-0.25, -0.2) is 15.0 Å². The minimum absolute atomic E-state index is 0.0218. The lowest BCUT2D eigenvalue weighted by atomic mass is 10.2. The van der Waals surface area contributed by atoms with E-state index in [1.54, 1.807) is 4.73 Å². The Morgan fingerprint density at radius 3 is 2.64 bits per heavy atom. The molecular formula is C17H27N5O2Si. The largest absolute Gasteiger partial charge is 0.466 e. The van der Waals surface area contributed by atoms with Gasteiger partial charge in [-0.2, -0.15) is 4.73 Å². The van der Waals surface area contributed by atoms with Crippen molar-refractivity contribution < 1.29 is 9.63 Å². The molecule has 0 saturated carbocycles. The van der Waals surface area contributed by atoms with Crippen LogP contribution >= 0.6 is 0 Å². The summed E-state index contributed by atoms with van der Waals surface area (Å²) in [6, 6.07) is 0. The number of imidazole rings is 1. The van der Waals surface area contributed by atoms with Crippen LogP contribution in [-0.4, -0.2) is 39.7 Å². The third-order valence-electron chi connectivity index (χ3n) is 4.47. The maximum Gasteiger partial charge on any atom is 0.284 e. The molecule has 25 heavy (non-hydrogen) atoms. The lowest BCUT2D eigenvalue weighted by molar-refractivity contribution is 0.256. The molecule has 0 aromatic carbocycles. The Labute approximate surface area is 149 Å². The molecule has 7 nitrogen and oxygen atoms in total. The van der Waals surface area contributed by atoms with Gasteiger partial charge in [0.05, 0.1) is 0 Å². The first-order chi connectivity index (χ1) is 11.7. The molecule has 2 aromatic rings. The predicted octanol–water partition coefficient (Wildman–Crippen LogP) is 2.36. The second kappa shape index (κ2) is 7.41. The van der Waals surface area contributed by atoms with E-state index < -0.39 is 8.32 Å². The molecule has 0 fully saturated rings. The molecule has 0 bridgehead atoms. The number of aromatic nitrogens is 4. The SMILES string of the molecule is CC(C)(C)[Si](C)(C)On1c(C#CCCCCO)nc2c(N)ncnc21. The molecule has 2 heterocycles. The lowest BCUT2D eigenvalue weighted by Gasteiger charge is -2.35. The van der Waals surface area contributed by atoms with E-state index in [-0.39, 0.29) is 11.6 Å². The van der Waals surface area contributed by atoms with Crippen LogP contribution in [0.3, 0.4) is 0 Å². The molecule has 2 rings (SSSR count). The van der Waals surface area contributed by atoms with Gasteiger partial charge >= 0.3 is 0 Å². The molecule has 136 valence electrons. The second-order valence-electron chi connectivity index (χ2n) is 7.49. The number of nitrogen functional groups attached to an aromatic ring is 1. The van der Waals surface area contributed by atoms with Crippen LogP contribution in [-0.2, 0) is 0 Å². The summed E-state index contributed by atoms with van der Waals surface area (Å²) in [5, 5.41) is 8.87. The fourth-order valence-corrected chi connectivity index (χ4v) is 2.79. The Bertz CT molecular complexity index is 799. The van der Waals surface area contributed by atoms with Crippen molar-refractivity contribution in [2.45, 2.75) is 58.2 Å². The standard InChI is InChI=1S/C17H27N5O2Si/c1-17(2,3)25(4,5)24-22-13(10-8-6-7-9-11-23)21-14-15(18)19-12-20-16(14)22/h12,23H,6-7,9,11H2,1-5H3,(H2,18,19,20). The Morgan fingerprint density at radius 1 is 1.28 bits per heavy atom. The molecule has 3 N–H and O–H groups in total. The zero-order chi connectivity index (χ0) is 18.7. The number of fused-ring (bicyclic) bond motifs is 1. The molecule has 0 radical (unpaired) electrons. The number of anilines is 1. The third kappa shape index (κ3) is 4.30. The molecule has 0 saturated heterocycles. The number of rotatable bonds is 5. The highest BCUT2D eigenvalue weighted by atomic mass is 28.4. The van der Waals surface area contributed by atoms with Gasteiger partial charge in [0.25, 0.3) is 8.32 Å². The van der Waals surface area contributed by atoms with Crippen LogP contribution in [0.15, 0.2) is 6.33 Å². The molecule has 0 amide bonds. The fraction of sp³-hybridized carbons (Fsp3) is 0.588. The Morgan fingerprint density at radius 2 is 2.00 bits per heavy atom. The molecule has 0 unspecified atom stereocenters. The maximum atomic E-state index is 8.85. The van der Waals surface area contributed by atoms with Gasteiger partial charge in [0.15, 0.2) is 11.3 Å². The van der Waals surface area contributed by atoms with Crippen molar-refractivity contribution in [1.29, 1.82) is 0 Å². The number of aliphatic hydroxyl groups excluding tert-OH is 1. The summed E-state index contributed by atoms with van der Waals surface area (Å²) in [5.74, 6) is 6.93. The van der Waals surface area contributed by atoms with Gasteiger partial charge in [-0.1, -0.05) is 26.7 Å². The quantitative estimate of drug-likeness (QED) is 0.482. The monoisotopic (exact) mass is 361 g/mol. The summed E-state index contributed by atoms with van der Waals surface area (Å²) >= 11 is 0. The van der Waals surface area contributed by atoms with Crippen molar-refractivity contribution in [2.75, 3.05) is 12.3 Å².